The Kier molecular flexibility index (Phi) is 12.3. The fourth-order valence-electron chi connectivity index (χ4n) is 3.57. The molecule has 38 heavy (non-hydrogen) atoms. The Labute approximate surface area is 211 Å². The molecule has 1 amide bonds. The molecule has 0 aromatic carbocycles. The van der Waals surface area contributed by atoms with E-state index in [1.165, 1.54) is 12.3 Å². The number of likely N-dealkylation sites (tertiary alicyclic amines) is 1. The van der Waals surface area contributed by atoms with Crippen molar-refractivity contribution in [2.45, 2.75) is 18.8 Å². The van der Waals surface area contributed by atoms with Crippen LogP contribution >= 0.6 is 0 Å². The van der Waals surface area contributed by atoms with Crippen LogP contribution in [0, 0.1) is 11.2 Å². The number of halogens is 7. The highest BCUT2D eigenvalue weighted by Gasteiger charge is 2.42. The molecule has 1 atom stereocenters. The minimum absolute atomic E-state index is 0.0799. The standard InChI is InChI=1S/C17H24FN3O3.2C2HF3O2/c1-23-8-6-20-5-3-17(11-20)12-21(7-9-24-13-17)16(22)14-2-4-19-10-15(14)18;2*3-2(4,5)1(6)7/h2,4,10H,3,5-9,11-13H2,1H3;2*(H,6,7). The van der Waals surface area contributed by atoms with Gasteiger partial charge in [-0.25, -0.2) is 14.0 Å². The van der Waals surface area contributed by atoms with E-state index in [1.807, 2.05) is 0 Å². The summed E-state index contributed by atoms with van der Waals surface area (Å²) in [6.07, 6.45) is -6.67. The van der Waals surface area contributed by atoms with Gasteiger partial charge in [0.05, 0.1) is 31.6 Å². The van der Waals surface area contributed by atoms with Gasteiger partial charge >= 0.3 is 24.3 Å². The minimum atomic E-state index is -5.08. The van der Waals surface area contributed by atoms with Crippen molar-refractivity contribution >= 4 is 17.8 Å². The van der Waals surface area contributed by atoms with Crippen molar-refractivity contribution < 1.29 is 64.8 Å². The van der Waals surface area contributed by atoms with Gasteiger partial charge in [-0.2, -0.15) is 26.3 Å². The number of carbonyl (C=O) groups is 3. The van der Waals surface area contributed by atoms with E-state index in [0.717, 1.165) is 32.3 Å². The third kappa shape index (κ3) is 10.7. The molecule has 2 saturated heterocycles. The predicted octanol–water partition coefficient (Wildman–Crippen LogP) is 2.30. The summed E-state index contributed by atoms with van der Waals surface area (Å²) in [5.41, 5.74) is -0.0000579. The molecule has 216 valence electrons. The van der Waals surface area contributed by atoms with Gasteiger partial charge in [-0.3, -0.25) is 9.78 Å². The number of carboxylic acid groups (broad SMARTS) is 2. The normalized spacial score (nSPS) is 20.1. The lowest BCUT2D eigenvalue weighted by molar-refractivity contribution is -0.193. The lowest BCUT2D eigenvalue weighted by atomic mass is 9.87. The summed E-state index contributed by atoms with van der Waals surface area (Å²) in [6.45, 7) is 5.62. The predicted molar refractivity (Wildman–Crippen MR) is 114 cm³/mol. The Hall–Kier alpha value is -3.05. The Morgan fingerprint density at radius 1 is 1.08 bits per heavy atom. The van der Waals surface area contributed by atoms with Crippen molar-refractivity contribution in [3.8, 4) is 0 Å². The molecule has 10 nitrogen and oxygen atoms in total. The molecule has 0 bridgehead atoms. The number of carbonyl (C=O) groups excluding carboxylic acids is 1. The van der Waals surface area contributed by atoms with E-state index in [-0.39, 0.29) is 16.9 Å². The van der Waals surface area contributed by atoms with Crippen LogP contribution in [0.4, 0.5) is 30.7 Å². The van der Waals surface area contributed by atoms with Crippen LogP contribution in [0.2, 0.25) is 0 Å². The highest BCUT2D eigenvalue weighted by atomic mass is 19.4. The van der Waals surface area contributed by atoms with Crippen LogP contribution in [0.15, 0.2) is 18.5 Å². The first-order valence-electron chi connectivity index (χ1n) is 10.8. The third-order valence-corrected chi connectivity index (χ3v) is 5.34. The lowest BCUT2D eigenvalue weighted by Crippen LogP contribution is -2.43. The summed E-state index contributed by atoms with van der Waals surface area (Å²) in [5.74, 6) is -6.37. The van der Waals surface area contributed by atoms with E-state index in [1.54, 1.807) is 12.0 Å². The van der Waals surface area contributed by atoms with E-state index in [2.05, 4.69) is 9.88 Å². The molecule has 1 aromatic rings. The Morgan fingerprint density at radius 2 is 1.66 bits per heavy atom. The highest BCUT2D eigenvalue weighted by Crippen LogP contribution is 2.33. The molecule has 1 aromatic heterocycles. The van der Waals surface area contributed by atoms with Crippen molar-refractivity contribution in [3.05, 3.63) is 29.8 Å². The van der Waals surface area contributed by atoms with Crippen LogP contribution in [-0.4, -0.2) is 115 Å². The number of hydrogen-bond acceptors (Lipinski definition) is 7. The maximum absolute atomic E-state index is 13.9. The van der Waals surface area contributed by atoms with E-state index in [4.69, 9.17) is 29.3 Å². The van der Waals surface area contributed by atoms with Gasteiger partial charge in [0.25, 0.3) is 5.91 Å². The van der Waals surface area contributed by atoms with E-state index in [9.17, 15) is 35.5 Å². The third-order valence-electron chi connectivity index (χ3n) is 5.34. The molecule has 3 rings (SSSR count). The average Bonchev–Trinajstić information content (AvgIpc) is 3.09. The van der Waals surface area contributed by atoms with Gasteiger partial charge in [-0.1, -0.05) is 0 Å². The average molecular weight is 565 g/mol. The zero-order valence-corrected chi connectivity index (χ0v) is 20.0. The maximum atomic E-state index is 13.9. The number of hydrogen-bond donors (Lipinski definition) is 2. The Balaban J connectivity index is 0.000000426. The van der Waals surface area contributed by atoms with E-state index < -0.39 is 30.1 Å². The van der Waals surface area contributed by atoms with Gasteiger partial charge in [0.2, 0.25) is 0 Å². The SMILES string of the molecule is COCCN1CCC2(COCCN(C(=O)c3ccncc3F)C2)C1.O=C(O)C(F)(F)F.O=C(O)C(F)(F)F. The number of nitrogens with zero attached hydrogens (tertiary/aromatic N) is 3. The van der Waals surface area contributed by atoms with Gasteiger partial charge < -0.3 is 29.5 Å². The Bertz CT molecular complexity index is 922. The van der Waals surface area contributed by atoms with Crippen LogP contribution in [0.1, 0.15) is 16.8 Å². The second-order valence-corrected chi connectivity index (χ2v) is 8.26. The van der Waals surface area contributed by atoms with Crippen molar-refractivity contribution in [1.82, 2.24) is 14.8 Å². The summed E-state index contributed by atoms with van der Waals surface area (Å²) in [5, 5.41) is 14.2. The molecule has 2 N–H and O–H groups in total. The van der Waals surface area contributed by atoms with Gasteiger partial charge in [0.1, 0.15) is 0 Å². The molecule has 0 aliphatic carbocycles. The molecular weight excluding hydrogens is 539 g/mol. The van der Waals surface area contributed by atoms with Crippen LogP contribution in [0.3, 0.4) is 0 Å². The lowest BCUT2D eigenvalue weighted by Gasteiger charge is -2.32. The topological polar surface area (TPSA) is 130 Å². The van der Waals surface area contributed by atoms with Gasteiger partial charge in [0.15, 0.2) is 5.82 Å². The van der Waals surface area contributed by atoms with Gasteiger partial charge in [-0.15, -0.1) is 0 Å². The number of carboxylic acids is 2. The summed E-state index contributed by atoms with van der Waals surface area (Å²) < 4.78 is 88.3. The molecule has 3 heterocycles. The molecule has 1 unspecified atom stereocenters. The van der Waals surface area contributed by atoms with E-state index >= 15 is 0 Å². The van der Waals surface area contributed by atoms with Gasteiger partial charge in [0, 0.05) is 44.9 Å². The second-order valence-electron chi connectivity index (χ2n) is 8.26. The number of aliphatic carboxylic acids is 2. The number of alkyl halides is 6. The maximum Gasteiger partial charge on any atom is 0.490 e. The van der Waals surface area contributed by atoms with Crippen LogP contribution in [0.5, 0.6) is 0 Å². The largest absolute Gasteiger partial charge is 0.490 e. The second kappa shape index (κ2) is 14.2. The zero-order chi connectivity index (χ0) is 29.1. The summed E-state index contributed by atoms with van der Waals surface area (Å²) in [4.78, 5) is 38.3. The quantitative estimate of drug-likeness (QED) is 0.529. The Morgan fingerprint density at radius 3 is 2.16 bits per heavy atom. The first kappa shape index (κ1) is 33.0. The molecule has 2 aliphatic rings. The summed E-state index contributed by atoms with van der Waals surface area (Å²) in [7, 11) is 1.70. The molecule has 0 radical (unpaired) electrons. The minimum Gasteiger partial charge on any atom is -0.475 e. The van der Waals surface area contributed by atoms with Crippen LogP contribution in [-0.2, 0) is 19.1 Å². The van der Waals surface area contributed by atoms with Crippen LogP contribution < -0.4 is 0 Å². The van der Waals surface area contributed by atoms with Gasteiger partial charge in [-0.05, 0) is 19.0 Å². The number of amides is 1. The molecule has 17 heteroatoms. The summed E-state index contributed by atoms with van der Waals surface area (Å²) in [6, 6.07) is 1.44. The number of methoxy groups -OCH3 is 1. The first-order chi connectivity index (χ1) is 17.5. The zero-order valence-electron chi connectivity index (χ0n) is 20.0. The fourth-order valence-corrected chi connectivity index (χ4v) is 3.57. The number of rotatable bonds is 4. The molecule has 1 spiro atoms. The first-order valence-corrected chi connectivity index (χ1v) is 10.8. The number of pyridine rings is 1. The van der Waals surface area contributed by atoms with Crippen LogP contribution in [0.25, 0.3) is 0 Å². The van der Waals surface area contributed by atoms with Crippen molar-refractivity contribution in [2.24, 2.45) is 5.41 Å². The van der Waals surface area contributed by atoms with E-state index in [0.29, 0.717) is 32.9 Å². The summed E-state index contributed by atoms with van der Waals surface area (Å²) >= 11 is 0. The number of ether oxygens (including phenoxy) is 2. The van der Waals surface area contributed by atoms with Crippen molar-refractivity contribution in [2.75, 3.05) is 59.7 Å². The molecule has 0 saturated carbocycles. The molecule has 2 aliphatic heterocycles. The molecule has 2 fully saturated rings. The van der Waals surface area contributed by atoms with Crippen molar-refractivity contribution in [3.63, 3.8) is 0 Å². The smallest absolute Gasteiger partial charge is 0.475 e. The highest BCUT2D eigenvalue weighted by molar-refractivity contribution is 5.94. The van der Waals surface area contributed by atoms with Crippen molar-refractivity contribution in [1.29, 1.82) is 0 Å². The monoisotopic (exact) mass is 565 g/mol. The number of aromatic nitrogens is 1. The molecular formula is C21H26F7N3O7. The fraction of sp³-hybridized carbons (Fsp3) is 0.619.